The third kappa shape index (κ3) is 4.36. The fraction of sp³-hybridized carbons (Fsp3) is 0.389. The number of rotatable bonds is 5. The number of pyridine rings is 1. The molecule has 7 nitrogen and oxygen atoms in total. The van der Waals surface area contributed by atoms with E-state index in [1.165, 1.54) is 11.8 Å². The van der Waals surface area contributed by atoms with Crippen LogP contribution in [0.1, 0.15) is 23.7 Å². The van der Waals surface area contributed by atoms with Crippen molar-refractivity contribution >= 4 is 29.0 Å². The van der Waals surface area contributed by atoms with Crippen LogP contribution in [-0.2, 0) is 17.8 Å². The molecule has 1 N–H and O–H groups in total. The average molecular weight is 401 g/mol. The first-order valence-corrected chi connectivity index (χ1v) is 10.7. The lowest BCUT2D eigenvalue weighted by molar-refractivity contribution is -0.119. The van der Waals surface area contributed by atoms with Crippen LogP contribution >= 0.6 is 23.1 Å². The van der Waals surface area contributed by atoms with E-state index in [9.17, 15) is 4.79 Å². The van der Waals surface area contributed by atoms with Gasteiger partial charge in [-0.05, 0) is 31.9 Å². The van der Waals surface area contributed by atoms with Crippen LogP contribution in [0.15, 0.2) is 34.8 Å². The Balaban J connectivity index is 1.35. The van der Waals surface area contributed by atoms with Crippen LogP contribution in [0.25, 0.3) is 11.5 Å². The van der Waals surface area contributed by atoms with E-state index < -0.39 is 0 Å². The minimum Gasteiger partial charge on any atom is -0.353 e. The molecule has 4 rings (SSSR count). The van der Waals surface area contributed by atoms with Crippen molar-refractivity contribution in [1.29, 1.82) is 0 Å². The number of carbonyl (C=O) groups excluding carboxylic acids is 1. The van der Waals surface area contributed by atoms with E-state index in [2.05, 4.69) is 30.0 Å². The highest BCUT2D eigenvalue weighted by Crippen LogP contribution is 2.24. The zero-order chi connectivity index (χ0) is 18.6. The van der Waals surface area contributed by atoms with Crippen molar-refractivity contribution in [3.05, 3.63) is 40.7 Å². The van der Waals surface area contributed by atoms with Crippen molar-refractivity contribution in [2.45, 2.75) is 43.7 Å². The van der Waals surface area contributed by atoms with E-state index in [0.717, 1.165) is 53.1 Å². The van der Waals surface area contributed by atoms with Gasteiger partial charge in [-0.25, -0.2) is 4.98 Å². The van der Waals surface area contributed by atoms with Gasteiger partial charge in [0.1, 0.15) is 11.5 Å². The lowest BCUT2D eigenvalue weighted by atomic mass is 10.1. The van der Waals surface area contributed by atoms with Gasteiger partial charge >= 0.3 is 0 Å². The maximum absolute atomic E-state index is 12.3. The standard InChI is InChI=1S/C18H20N6OS2/c1-12-20-15(10-26-12)18-23-22-16-3-2-13(6-9-24(16)18)21-17(25)11-27-14-4-7-19-8-5-14/h4-5,7-8,10,13H,2-3,6,9,11H2,1H3,(H,21,25). The van der Waals surface area contributed by atoms with E-state index in [1.54, 1.807) is 23.7 Å². The van der Waals surface area contributed by atoms with Crippen LogP contribution < -0.4 is 5.32 Å². The summed E-state index contributed by atoms with van der Waals surface area (Å²) in [5.41, 5.74) is 0.882. The second-order valence-corrected chi connectivity index (χ2v) is 8.52. The molecule has 3 aromatic heterocycles. The molecule has 0 bridgehead atoms. The Labute approximate surface area is 165 Å². The van der Waals surface area contributed by atoms with Crippen LogP contribution in [0.5, 0.6) is 0 Å². The molecular formula is C18H20N6OS2. The van der Waals surface area contributed by atoms with E-state index in [1.807, 2.05) is 24.4 Å². The number of hydrogen-bond acceptors (Lipinski definition) is 7. The van der Waals surface area contributed by atoms with E-state index in [4.69, 9.17) is 0 Å². The molecular weight excluding hydrogens is 380 g/mol. The van der Waals surface area contributed by atoms with Gasteiger partial charge in [-0.2, -0.15) is 0 Å². The smallest absolute Gasteiger partial charge is 0.230 e. The Morgan fingerprint density at radius 3 is 2.96 bits per heavy atom. The molecule has 9 heteroatoms. The number of hydrogen-bond donors (Lipinski definition) is 1. The highest BCUT2D eigenvalue weighted by atomic mass is 32.2. The van der Waals surface area contributed by atoms with Gasteiger partial charge < -0.3 is 9.88 Å². The highest BCUT2D eigenvalue weighted by Gasteiger charge is 2.23. The molecule has 4 heterocycles. The summed E-state index contributed by atoms with van der Waals surface area (Å²) in [6.07, 6.45) is 6.02. The highest BCUT2D eigenvalue weighted by molar-refractivity contribution is 8.00. The predicted octanol–water partition coefficient (Wildman–Crippen LogP) is 2.72. The number of nitrogens with zero attached hydrogens (tertiary/aromatic N) is 5. The van der Waals surface area contributed by atoms with Crippen LogP contribution in [-0.4, -0.2) is 42.4 Å². The summed E-state index contributed by atoms with van der Waals surface area (Å²) in [7, 11) is 0. The van der Waals surface area contributed by atoms with E-state index in [-0.39, 0.29) is 11.9 Å². The number of carbonyl (C=O) groups is 1. The molecule has 1 amide bonds. The number of aryl methyl sites for hydroxylation is 2. The van der Waals surface area contributed by atoms with Crippen LogP contribution in [0.4, 0.5) is 0 Å². The molecule has 0 fully saturated rings. The minimum atomic E-state index is 0.0647. The lowest BCUT2D eigenvalue weighted by Crippen LogP contribution is -2.36. The third-order valence-electron chi connectivity index (χ3n) is 4.48. The molecule has 0 aromatic carbocycles. The molecule has 140 valence electrons. The molecule has 1 aliphatic rings. The van der Waals surface area contributed by atoms with Gasteiger partial charge in [-0.15, -0.1) is 33.3 Å². The van der Waals surface area contributed by atoms with E-state index >= 15 is 0 Å². The molecule has 0 aliphatic carbocycles. The van der Waals surface area contributed by atoms with Crippen molar-refractivity contribution in [2.75, 3.05) is 5.75 Å². The predicted molar refractivity (Wildman–Crippen MR) is 106 cm³/mol. The minimum absolute atomic E-state index is 0.0647. The van der Waals surface area contributed by atoms with Crippen molar-refractivity contribution in [1.82, 2.24) is 30.0 Å². The van der Waals surface area contributed by atoms with Crippen molar-refractivity contribution in [3.63, 3.8) is 0 Å². The zero-order valence-electron chi connectivity index (χ0n) is 15.0. The number of amides is 1. The largest absolute Gasteiger partial charge is 0.353 e. The number of thiazole rings is 1. The number of nitrogens with one attached hydrogen (secondary N) is 1. The molecule has 0 saturated carbocycles. The fourth-order valence-electron chi connectivity index (χ4n) is 3.14. The van der Waals surface area contributed by atoms with E-state index in [0.29, 0.717) is 5.75 Å². The van der Waals surface area contributed by atoms with Gasteiger partial charge in [-0.3, -0.25) is 9.78 Å². The van der Waals surface area contributed by atoms with Gasteiger partial charge in [0.25, 0.3) is 0 Å². The second kappa shape index (κ2) is 8.18. The maximum atomic E-state index is 12.3. The first kappa shape index (κ1) is 18.1. The molecule has 27 heavy (non-hydrogen) atoms. The van der Waals surface area contributed by atoms with Crippen molar-refractivity contribution in [3.8, 4) is 11.5 Å². The summed E-state index contributed by atoms with van der Waals surface area (Å²) < 4.78 is 2.15. The number of thioether (sulfide) groups is 1. The average Bonchev–Trinajstić information content (AvgIpc) is 3.23. The SMILES string of the molecule is Cc1nc(-c2nnc3n2CCC(NC(=O)CSc2ccncc2)CC3)cs1. The molecule has 1 atom stereocenters. The Morgan fingerprint density at radius 2 is 2.19 bits per heavy atom. The summed E-state index contributed by atoms with van der Waals surface area (Å²) in [6, 6.07) is 3.98. The molecule has 0 spiro atoms. The third-order valence-corrected chi connectivity index (χ3v) is 6.26. The van der Waals surface area contributed by atoms with Crippen LogP contribution in [0.3, 0.4) is 0 Å². The Bertz CT molecular complexity index is 923. The quantitative estimate of drug-likeness (QED) is 0.663. The summed E-state index contributed by atoms with van der Waals surface area (Å²) in [5, 5.41) is 14.9. The fourth-order valence-corrected chi connectivity index (χ4v) is 4.43. The van der Waals surface area contributed by atoms with Crippen molar-refractivity contribution < 1.29 is 4.79 Å². The summed E-state index contributed by atoms with van der Waals surface area (Å²) in [4.78, 5) is 21.9. The zero-order valence-corrected chi connectivity index (χ0v) is 16.6. The number of fused-ring (bicyclic) bond motifs is 1. The number of aromatic nitrogens is 5. The van der Waals surface area contributed by atoms with Crippen LogP contribution in [0.2, 0.25) is 0 Å². The Hall–Kier alpha value is -2.26. The second-order valence-electron chi connectivity index (χ2n) is 6.41. The Morgan fingerprint density at radius 1 is 1.33 bits per heavy atom. The molecule has 0 radical (unpaired) electrons. The van der Waals surface area contributed by atoms with Crippen LogP contribution in [0, 0.1) is 6.92 Å². The summed E-state index contributed by atoms with van der Waals surface area (Å²) in [6.45, 7) is 2.78. The van der Waals surface area contributed by atoms with Gasteiger partial charge in [0.05, 0.1) is 10.8 Å². The van der Waals surface area contributed by atoms with Crippen molar-refractivity contribution in [2.24, 2.45) is 0 Å². The molecule has 1 aliphatic heterocycles. The lowest BCUT2D eigenvalue weighted by Gasteiger charge is -2.16. The van der Waals surface area contributed by atoms with Gasteiger partial charge in [0.2, 0.25) is 5.91 Å². The first-order valence-electron chi connectivity index (χ1n) is 8.86. The first-order chi connectivity index (χ1) is 13.2. The molecule has 3 aromatic rings. The summed E-state index contributed by atoms with van der Waals surface area (Å²) >= 11 is 3.14. The monoisotopic (exact) mass is 400 g/mol. The molecule has 0 saturated heterocycles. The van der Waals surface area contributed by atoms with Gasteiger partial charge in [0, 0.05) is 41.7 Å². The normalized spacial score (nSPS) is 16.6. The maximum Gasteiger partial charge on any atom is 0.230 e. The topological polar surface area (TPSA) is 85.6 Å². The molecule has 1 unspecified atom stereocenters. The Kier molecular flexibility index (Phi) is 5.49. The van der Waals surface area contributed by atoms with Gasteiger partial charge in [0.15, 0.2) is 5.82 Å². The summed E-state index contributed by atoms with van der Waals surface area (Å²) in [5.74, 6) is 2.28. The van der Waals surface area contributed by atoms with Gasteiger partial charge in [-0.1, -0.05) is 0 Å².